The molecule has 0 radical (unpaired) electrons. The van der Waals surface area contributed by atoms with Gasteiger partial charge in [-0.2, -0.15) is 13.2 Å². The number of rotatable bonds is 1. The third kappa shape index (κ3) is 2.69. The number of hydrogen-bond acceptors (Lipinski definition) is 2. The molecule has 0 saturated heterocycles. The number of hydrogen-bond donors (Lipinski definition) is 0. The van der Waals surface area contributed by atoms with Gasteiger partial charge in [0, 0.05) is 16.0 Å². The molecule has 1 heterocycles. The van der Waals surface area contributed by atoms with Crippen LogP contribution in [-0.4, -0.2) is 9.97 Å². The highest BCUT2D eigenvalue weighted by Crippen LogP contribution is 2.33. The Morgan fingerprint density at radius 1 is 0.905 bits per heavy atom. The summed E-state index contributed by atoms with van der Waals surface area (Å²) < 4.78 is 38.8. The van der Waals surface area contributed by atoms with Gasteiger partial charge in [-0.05, 0) is 18.2 Å². The Morgan fingerprint density at radius 3 is 2.29 bits per heavy atom. The standard InChI is InChI=1S/C15H8ClF3N2/c16-10-6-7-12-11(8-10)13(9-4-2-1-3-5-9)21-14(20-12)15(17,18)19/h1-8H. The van der Waals surface area contributed by atoms with Crippen LogP contribution >= 0.6 is 11.6 Å². The Kier molecular flexibility index (Phi) is 3.29. The molecule has 2 aromatic carbocycles. The molecule has 0 atom stereocenters. The maximum atomic E-state index is 12.9. The van der Waals surface area contributed by atoms with E-state index in [9.17, 15) is 13.2 Å². The van der Waals surface area contributed by atoms with Gasteiger partial charge >= 0.3 is 6.18 Å². The summed E-state index contributed by atoms with van der Waals surface area (Å²) in [6.07, 6.45) is -4.60. The van der Waals surface area contributed by atoms with Crippen LogP contribution in [-0.2, 0) is 6.18 Å². The zero-order chi connectivity index (χ0) is 15.0. The Balaban J connectivity index is 2.36. The quantitative estimate of drug-likeness (QED) is 0.634. The number of nitrogens with zero attached hydrogens (tertiary/aromatic N) is 2. The topological polar surface area (TPSA) is 25.8 Å². The van der Waals surface area contributed by atoms with Gasteiger partial charge in [0.05, 0.1) is 11.2 Å². The van der Waals surface area contributed by atoms with Crippen LogP contribution in [0.4, 0.5) is 13.2 Å². The Morgan fingerprint density at radius 2 is 1.62 bits per heavy atom. The van der Waals surface area contributed by atoms with Crippen molar-refractivity contribution in [1.29, 1.82) is 0 Å². The van der Waals surface area contributed by atoms with Crippen molar-refractivity contribution in [2.45, 2.75) is 6.18 Å². The molecule has 2 nitrogen and oxygen atoms in total. The highest BCUT2D eigenvalue weighted by Gasteiger charge is 2.35. The lowest BCUT2D eigenvalue weighted by atomic mass is 10.1. The molecule has 0 bridgehead atoms. The molecule has 0 amide bonds. The second-order valence-electron chi connectivity index (χ2n) is 4.42. The zero-order valence-electron chi connectivity index (χ0n) is 10.5. The molecular weight excluding hydrogens is 301 g/mol. The van der Waals surface area contributed by atoms with Crippen molar-refractivity contribution in [2.24, 2.45) is 0 Å². The number of alkyl halides is 3. The molecule has 3 aromatic rings. The predicted molar refractivity (Wildman–Crippen MR) is 75.0 cm³/mol. The van der Waals surface area contributed by atoms with Crippen LogP contribution < -0.4 is 0 Å². The van der Waals surface area contributed by atoms with Gasteiger partial charge in [0.15, 0.2) is 0 Å². The van der Waals surface area contributed by atoms with E-state index in [0.717, 1.165) is 0 Å². The molecule has 1 aromatic heterocycles. The van der Waals surface area contributed by atoms with Crippen molar-refractivity contribution in [3.63, 3.8) is 0 Å². The van der Waals surface area contributed by atoms with E-state index < -0.39 is 12.0 Å². The number of halogens is 4. The van der Waals surface area contributed by atoms with Crippen LogP contribution in [0.15, 0.2) is 48.5 Å². The van der Waals surface area contributed by atoms with Crippen molar-refractivity contribution in [3.8, 4) is 11.3 Å². The molecule has 0 aliphatic carbocycles. The summed E-state index contributed by atoms with van der Waals surface area (Å²) in [5, 5.41) is 0.907. The normalized spacial score (nSPS) is 11.8. The first kappa shape index (κ1) is 13.8. The molecule has 106 valence electrons. The van der Waals surface area contributed by atoms with Crippen LogP contribution in [0, 0.1) is 0 Å². The van der Waals surface area contributed by atoms with Gasteiger partial charge in [0.1, 0.15) is 0 Å². The van der Waals surface area contributed by atoms with Crippen LogP contribution in [0.3, 0.4) is 0 Å². The Bertz CT molecular complexity index is 801. The molecule has 0 spiro atoms. The summed E-state index contributed by atoms with van der Waals surface area (Å²) in [6, 6.07) is 13.2. The largest absolute Gasteiger partial charge is 0.451 e. The van der Waals surface area contributed by atoms with E-state index in [-0.39, 0.29) is 11.2 Å². The van der Waals surface area contributed by atoms with E-state index >= 15 is 0 Å². The van der Waals surface area contributed by atoms with Crippen molar-refractivity contribution in [3.05, 3.63) is 59.4 Å². The van der Waals surface area contributed by atoms with Crippen LogP contribution in [0.2, 0.25) is 5.02 Å². The van der Waals surface area contributed by atoms with Crippen LogP contribution in [0.5, 0.6) is 0 Å². The van der Waals surface area contributed by atoms with Crippen LogP contribution in [0.25, 0.3) is 22.2 Å². The Hall–Kier alpha value is -2.14. The summed E-state index contributed by atoms with van der Waals surface area (Å²) in [5.41, 5.74) is 1.01. The van der Waals surface area contributed by atoms with Crippen molar-refractivity contribution < 1.29 is 13.2 Å². The molecule has 0 aliphatic heterocycles. The lowest BCUT2D eigenvalue weighted by molar-refractivity contribution is -0.144. The minimum Gasteiger partial charge on any atom is -0.224 e. The van der Waals surface area contributed by atoms with E-state index in [4.69, 9.17) is 11.6 Å². The van der Waals surface area contributed by atoms with Gasteiger partial charge in [-0.1, -0.05) is 41.9 Å². The van der Waals surface area contributed by atoms with E-state index in [2.05, 4.69) is 9.97 Å². The minimum absolute atomic E-state index is 0.209. The van der Waals surface area contributed by atoms with Crippen LogP contribution in [0.1, 0.15) is 5.82 Å². The fourth-order valence-electron chi connectivity index (χ4n) is 2.04. The molecule has 6 heteroatoms. The summed E-state index contributed by atoms with van der Waals surface area (Å²) in [6.45, 7) is 0. The van der Waals surface area contributed by atoms with Gasteiger partial charge in [0.25, 0.3) is 0 Å². The molecular formula is C15H8ClF3N2. The number of benzene rings is 2. The Labute approximate surface area is 123 Å². The molecule has 0 unspecified atom stereocenters. The minimum atomic E-state index is -4.60. The number of fused-ring (bicyclic) bond motifs is 1. The predicted octanol–water partition coefficient (Wildman–Crippen LogP) is 4.97. The third-order valence-electron chi connectivity index (χ3n) is 2.96. The van der Waals surface area contributed by atoms with Gasteiger partial charge in [-0.15, -0.1) is 0 Å². The molecule has 0 aliphatic rings. The average Bonchev–Trinajstić information content (AvgIpc) is 2.46. The number of aromatic nitrogens is 2. The van der Waals surface area contributed by atoms with E-state index in [1.54, 1.807) is 36.4 Å². The van der Waals surface area contributed by atoms with Crippen molar-refractivity contribution in [1.82, 2.24) is 9.97 Å². The monoisotopic (exact) mass is 308 g/mol. The van der Waals surface area contributed by atoms with E-state index in [1.807, 2.05) is 0 Å². The molecule has 0 fully saturated rings. The van der Waals surface area contributed by atoms with Gasteiger partial charge < -0.3 is 0 Å². The fourth-order valence-corrected chi connectivity index (χ4v) is 2.22. The second kappa shape index (κ2) is 5.00. The lowest BCUT2D eigenvalue weighted by Gasteiger charge is -2.11. The smallest absolute Gasteiger partial charge is 0.224 e. The fraction of sp³-hybridized carbons (Fsp3) is 0.0667. The molecule has 0 N–H and O–H groups in total. The highest BCUT2D eigenvalue weighted by molar-refractivity contribution is 6.31. The summed E-state index contributed by atoms with van der Waals surface area (Å²) in [7, 11) is 0. The first-order valence-electron chi connectivity index (χ1n) is 6.05. The van der Waals surface area contributed by atoms with Gasteiger partial charge in [0.2, 0.25) is 5.82 Å². The average molecular weight is 309 g/mol. The zero-order valence-corrected chi connectivity index (χ0v) is 11.3. The van der Waals surface area contributed by atoms with E-state index in [1.165, 1.54) is 12.1 Å². The molecule has 0 saturated carbocycles. The molecule has 21 heavy (non-hydrogen) atoms. The summed E-state index contributed by atoms with van der Waals surface area (Å²) in [5.74, 6) is -1.16. The molecule has 3 rings (SSSR count). The van der Waals surface area contributed by atoms with Crippen molar-refractivity contribution >= 4 is 22.5 Å². The second-order valence-corrected chi connectivity index (χ2v) is 4.86. The van der Waals surface area contributed by atoms with Crippen molar-refractivity contribution in [2.75, 3.05) is 0 Å². The third-order valence-corrected chi connectivity index (χ3v) is 3.19. The first-order chi connectivity index (χ1) is 9.95. The maximum Gasteiger partial charge on any atom is 0.451 e. The van der Waals surface area contributed by atoms with Gasteiger partial charge in [-0.3, -0.25) is 0 Å². The van der Waals surface area contributed by atoms with Gasteiger partial charge in [-0.25, -0.2) is 9.97 Å². The summed E-state index contributed by atoms with van der Waals surface area (Å²) >= 11 is 5.93. The first-order valence-corrected chi connectivity index (χ1v) is 6.43. The lowest BCUT2D eigenvalue weighted by Crippen LogP contribution is -2.12. The SMILES string of the molecule is FC(F)(F)c1nc(-c2ccccc2)c2cc(Cl)ccc2n1. The highest BCUT2D eigenvalue weighted by atomic mass is 35.5. The van der Waals surface area contributed by atoms with E-state index in [0.29, 0.717) is 16.0 Å². The maximum absolute atomic E-state index is 12.9. The summed E-state index contributed by atoms with van der Waals surface area (Å²) in [4.78, 5) is 7.27.